The molecule has 1 unspecified atom stereocenters. The Morgan fingerprint density at radius 1 is 0.947 bits per heavy atom. The summed E-state index contributed by atoms with van der Waals surface area (Å²) in [5, 5.41) is 10.4. The van der Waals surface area contributed by atoms with Crippen LogP contribution in [0.5, 0.6) is 0 Å². The van der Waals surface area contributed by atoms with Gasteiger partial charge in [-0.25, -0.2) is 4.39 Å². The zero-order valence-corrected chi connectivity index (χ0v) is 12.8. The number of rotatable bonds is 2. The zero-order valence-electron chi connectivity index (χ0n) is 11.2. The Hall–Kier alpha value is -1.19. The molecular formula is C16H16BrFO. The highest BCUT2D eigenvalue weighted by Gasteiger charge is 2.18. The Bertz CT molecular complexity index is 622. The molecule has 0 saturated carbocycles. The second-order valence-corrected chi connectivity index (χ2v) is 5.78. The van der Waals surface area contributed by atoms with Crippen LogP contribution in [0.4, 0.5) is 4.39 Å². The highest BCUT2D eigenvalue weighted by molar-refractivity contribution is 9.10. The van der Waals surface area contributed by atoms with Gasteiger partial charge in [-0.1, -0.05) is 28.1 Å². The van der Waals surface area contributed by atoms with Crippen molar-refractivity contribution >= 4 is 15.9 Å². The van der Waals surface area contributed by atoms with Crippen molar-refractivity contribution in [2.75, 3.05) is 0 Å². The van der Waals surface area contributed by atoms with Crippen molar-refractivity contribution in [3.63, 3.8) is 0 Å². The van der Waals surface area contributed by atoms with Gasteiger partial charge in [0.15, 0.2) is 0 Å². The van der Waals surface area contributed by atoms with Gasteiger partial charge in [0, 0.05) is 10.0 Å². The lowest BCUT2D eigenvalue weighted by molar-refractivity contribution is 0.214. The Labute approximate surface area is 121 Å². The van der Waals surface area contributed by atoms with Crippen molar-refractivity contribution in [1.82, 2.24) is 0 Å². The molecule has 2 rings (SSSR count). The van der Waals surface area contributed by atoms with E-state index >= 15 is 0 Å². The molecule has 1 N–H and O–H groups in total. The van der Waals surface area contributed by atoms with Gasteiger partial charge >= 0.3 is 0 Å². The van der Waals surface area contributed by atoms with Gasteiger partial charge in [0.05, 0.1) is 0 Å². The van der Waals surface area contributed by atoms with Crippen molar-refractivity contribution < 1.29 is 9.50 Å². The fraction of sp³-hybridized carbons (Fsp3) is 0.250. The molecule has 0 spiro atoms. The molecule has 0 heterocycles. The minimum atomic E-state index is -0.947. The number of aliphatic hydroxyl groups excluding tert-OH is 1. The van der Waals surface area contributed by atoms with Crippen LogP contribution in [-0.2, 0) is 0 Å². The molecule has 2 aromatic carbocycles. The average Bonchev–Trinajstić information content (AvgIpc) is 2.36. The summed E-state index contributed by atoms with van der Waals surface area (Å²) in [7, 11) is 0. The average molecular weight is 323 g/mol. The second kappa shape index (κ2) is 5.43. The Kier molecular flexibility index (Phi) is 4.07. The quantitative estimate of drug-likeness (QED) is 0.857. The maximum absolute atomic E-state index is 13.8. The third kappa shape index (κ3) is 2.88. The summed E-state index contributed by atoms with van der Waals surface area (Å²) in [4.78, 5) is 0. The molecule has 19 heavy (non-hydrogen) atoms. The van der Waals surface area contributed by atoms with Gasteiger partial charge in [0.2, 0.25) is 0 Å². The molecule has 2 aromatic rings. The van der Waals surface area contributed by atoms with Gasteiger partial charge in [0.1, 0.15) is 11.9 Å². The molecule has 0 fully saturated rings. The van der Waals surface area contributed by atoms with Crippen LogP contribution in [0, 0.1) is 26.6 Å². The van der Waals surface area contributed by atoms with Crippen LogP contribution in [-0.4, -0.2) is 5.11 Å². The summed E-state index contributed by atoms with van der Waals surface area (Å²) >= 11 is 3.30. The molecule has 1 nitrogen and oxygen atoms in total. The summed E-state index contributed by atoms with van der Waals surface area (Å²) in [6, 6.07) is 8.55. The van der Waals surface area contributed by atoms with Crippen molar-refractivity contribution in [1.29, 1.82) is 0 Å². The molecule has 0 amide bonds. The van der Waals surface area contributed by atoms with Crippen molar-refractivity contribution in [3.8, 4) is 0 Å². The SMILES string of the molecule is Cc1cc(C)c(C(O)c2cc(Br)ccc2F)cc1C. The molecule has 0 saturated heterocycles. The maximum Gasteiger partial charge on any atom is 0.129 e. The maximum atomic E-state index is 13.8. The van der Waals surface area contributed by atoms with Gasteiger partial charge in [-0.3, -0.25) is 0 Å². The fourth-order valence-electron chi connectivity index (χ4n) is 2.17. The van der Waals surface area contributed by atoms with Crippen molar-refractivity contribution in [2.45, 2.75) is 26.9 Å². The molecule has 0 aromatic heterocycles. The number of halogens is 2. The van der Waals surface area contributed by atoms with Gasteiger partial charge in [-0.15, -0.1) is 0 Å². The highest BCUT2D eigenvalue weighted by atomic mass is 79.9. The molecule has 3 heteroatoms. The van der Waals surface area contributed by atoms with Gasteiger partial charge in [-0.2, -0.15) is 0 Å². The van der Waals surface area contributed by atoms with Crippen LogP contribution >= 0.6 is 15.9 Å². The molecule has 0 radical (unpaired) electrons. The van der Waals surface area contributed by atoms with Gasteiger partial charge in [0.25, 0.3) is 0 Å². The lowest BCUT2D eigenvalue weighted by Gasteiger charge is -2.17. The van der Waals surface area contributed by atoms with E-state index in [2.05, 4.69) is 15.9 Å². The third-order valence-electron chi connectivity index (χ3n) is 3.43. The number of aryl methyl sites for hydroxylation is 3. The zero-order chi connectivity index (χ0) is 14.2. The number of hydrogen-bond donors (Lipinski definition) is 1. The van der Waals surface area contributed by atoms with E-state index in [9.17, 15) is 9.50 Å². The highest BCUT2D eigenvalue weighted by Crippen LogP contribution is 2.30. The summed E-state index contributed by atoms with van der Waals surface area (Å²) in [5.41, 5.74) is 4.27. The molecule has 100 valence electrons. The lowest BCUT2D eigenvalue weighted by Crippen LogP contribution is -2.05. The smallest absolute Gasteiger partial charge is 0.129 e. The molecule has 0 bridgehead atoms. The normalized spacial score (nSPS) is 12.5. The van der Waals surface area contributed by atoms with E-state index < -0.39 is 11.9 Å². The minimum absolute atomic E-state index is 0.292. The second-order valence-electron chi connectivity index (χ2n) is 4.86. The first-order valence-electron chi connectivity index (χ1n) is 6.11. The largest absolute Gasteiger partial charge is 0.384 e. The van der Waals surface area contributed by atoms with E-state index in [-0.39, 0.29) is 0 Å². The van der Waals surface area contributed by atoms with Crippen LogP contribution in [0.25, 0.3) is 0 Å². The number of hydrogen-bond acceptors (Lipinski definition) is 1. The Balaban J connectivity index is 2.52. The molecular weight excluding hydrogens is 307 g/mol. The minimum Gasteiger partial charge on any atom is -0.384 e. The monoisotopic (exact) mass is 322 g/mol. The molecule has 0 aliphatic rings. The van der Waals surface area contributed by atoms with Crippen LogP contribution < -0.4 is 0 Å². The predicted molar refractivity (Wildman–Crippen MR) is 78.8 cm³/mol. The molecule has 0 aliphatic carbocycles. The van der Waals surface area contributed by atoms with E-state index in [0.717, 1.165) is 21.2 Å². The fourth-order valence-corrected chi connectivity index (χ4v) is 2.55. The van der Waals surface area contributed by atoms with Crippen molar-refractivity contribution in [2.24, 2.45) is 0 Å². The Morgan fingerprint density at radius 2 is 1.58 bits per heavy atom. The predicted octanol–water partition coefficient (Wildman–Crippen LogP) is 4.60. The number of benzene rings is 2. The number of aliphatic hydroxyl groups is 1. The van der Waals surface area contributed by atoms with Gasteiger partial charge < -0.3 is 5.11 Å². The third-order valence-corrected chi connectivity index (χ3v) is 3.92. The van der Waals surface area contributed by atoms with E-state index in [1.807, 2.05) is 32.9 Å². The van der Waals surface area contributed by atoms with Crippen LogP contribution in [0.2, 0.25) is 0 Å². The standard InChI is InChI=1S/C16H16BrFO/c1-9-6-11(3)13(7-10(9)2)16(19)14-8-12(17)4-5-15(14)18/h4-8,16,19H,1-3H3. The Morgan fingerprint density at radius 3 is 2.26 bits per heavy atom. The summed E-state index contributed by atoms with van der Waals surface area (Å²) in [5.74, 6) is -0.395. The first-order chi connectivity index (χ1) is 8.90. The van der Waals surface area contributed by atoms with E-state index in [1.54, 1.807) is 12.1 Å². The van der Waals surface area contributed by atoms with E-state index in [0.29, 0.717) is 5.56 Å². The van der Waals surface area contributed by atoms with Crippen LogP contribution in [0.15, 0.2) is 34.8 Å². The first-order valence-corrected chi connectivity index (χ1v) is 6.90. The topological polar surface area (TPSA) is 20.2 Å². The van der Waals surface area contributed by atoms with E-state index in [4.69, 9.17) is 0 Å². The lowest BCUT2D eigenvalue weighted by atomic mass is 9.93. The molecule has 1 atom stereocenters. The van der Waals surface area contributed by atoms with E-state index in [1.165, 1.54) is 11.6 Å². The van der Waals surface area contributed by atoms with Crippen molar-refractivity contribution in [3.05, 3.63) is 68.4 Å². The molecule has 0 aliphatic heterocycles. The first kappa shape index (κ1) is 14.2. The van der Waals surface area contributed by atoms with Crippen LogP contribution in [0.3, 0.4) is 0 Å². The van der Waals surface area contributed by atoms with Crippen LogP contribution in [0.1, 0.15) is 33.9 Å². The summed E-state index contributed by atoms with van der Waals surface area (Å²) < 4.78 is 14.6. The van der Waals surface area contributed by atoms with Gasteiger partial charge in [-0.05, 0) is 61.2 Å². The summed E-state index contributed by atoms with van der Waals surface area (Å²) in [6.07, 6.45) is -0.947. The summed E-state index contributed by atoms with van der Waals surface area (Å²) in [6.45, 7) is 5.95.